The van der Waals surface area contributed by atoms with E-state index in [1.165, 1.54) is 0 Å². The molecule has 2 heteroatoms. The molecule has 0 heterocycles. The summed E-state index contributed by atoms with van der Waals surface area (Å²) in [5.74, 6) is 0. The van der Waals surface area contributed by atoms with Crippen LogP contribution in [-0.4, -0.2) is 6.43 Å². The molecule has 0 spiro atoms. The lowest BCUT2D eigenvalue weighted by molar-refractivity contribution is 0.171. The smallest absolute Gasteiger partial charge is 0.211 e. The summed E-state index contributed by atoms with van der Waals surface area (Å²) >= 11 is 0. The van der Waals surface area contributed by atoms with Gasteiger partial charge in [-0.15, -0.1) is 12.8 Å². The number of terminal acetylenes is 1. The molecule has 0 aromatic heterocycles. The third-order valence-corrected chi connectivity index (χ3v) is 0. The average Bonchev–Trinajstić information content (AvgIpc) is 1.41. The van der Waals surface area contributed by atoms with Crippen LogP contribution in [0.2, 0.25) is 0 Å². The van der Waals surface area contributed by atoms with Crippen molar-refractivity contribution in [2.24, 2.45) is 0 Å². The van der Waals surface area contributed by atoms with Crippen molar-refractivity contribution in [2.45, 2.75) is 13.3 Å². The Labute approximate surface area is 36.2 Å². The van der Waals surface area contributed by atoms with Crippen LogP contribution in [0.1, 0.15) is 6.92 Å². The molecule has 0 saturated carbocycles. The van der Waals surface area contributed by atoms with Crippen molar-refractivity contribution in [3.8, 4) is 12.8 Å². The first-order valence-corrected chi connectivity index (χ1v) is 1.35. The van der Waals surface area contributed by atoms with Crippen LogP contribution >= 0.6 is 0 Å². The fourth-order valence-electron chi connectivity index (χ4n) is 0. The van der Waals surface area contributed by atoms with Crippen molar-refractivity contribution in [1.82, 2.24) is 0 Å². The SMILES string of the molecule is C#C.CC(F)F. The monoisotopic (exact) mass is 92.0 g/mol. The second-order valence-electron chi connectivity index (χ2n) is 0.519. The molecule has 0 aliphatic rings. The van der Waals surface area contributed by atoms with Gasteiger partial charge in [-0.3, -0.25) is 0 Å². The molecular weight excluding hydrogens is 86.0 g/mol. The molecule has 36 valence electrons. The van der Waals surface area contributed by atoms with Crippen molar-refractivity contribution >= 4 is 0 Å². The maximum absolute atomic E-state index is 10.3. The Morgan fingerprint density at radius 3 is 1.33 bits per heavy atom. The normalized spacial score (nSPS) is 6.33. The van der Waals surface area contributed by atoms with Crippen molar-refractivity contribution < 1.29 is 8.78 Å². The van der Waals surface area contributed by atoms with Gasteiger partial charge in [0.15, 0.2) is 0 Å². The average molecular weight is 92.1 g/mol. The molecule has 6 heavy (non-hydrogen) atoms. The van der Waals surface area contributed by atoms with Crippen LogP contribution < -0.4 is 0 Å². The van der Waals surface area contributed by atoms with Gasteiger partial charge >= 0.3 is 0 Å². The summed E-state index contributed by atoms with van der Waals surface area (Å²) < 4.78 is 20.7. The van der Waals surface area contributed by atoms with Gasteiger partial charge in [-0.25, -0.2) is 8.78 Å². The highest BCUT2D eigenvalue weighted by molar-refractivity contribution is 4.47. The van der Waals surface area contributed by atoms with Crippen LogP contribution in [0.25, 0.3) is 0 Å². The molecule has 0 aromatic rings. The highest BCUT2D eigenvalue weighted by Gasteiger charge is 1.79. The maximum Gasteiger partial charge on any atom is 0.235 e. The number of hydrogen-bond donors (Lipinski definition) is 0. The van der Waals surface area contributed by atoms with E-state index in [1.54, 1.807) is 0 Å². The molecule has 0 N–H and O–H groups in total. The molecule has 0 nitrogen and oxygen atoms in total. The van der Waals surface area contributed by atoms with Crippen LogP contribution in [0.5, 0.6) is 0 Å². The lowest BCUT2D eigenvalue weighted by Crippen LogP contribution is -1.69. The zero-order chi connectivity index (χ0) is 5.58. The van der Waals surface area contributed by atoms with Crippen molar-refractivity contribution in [3.05, 3.63) is 0 Å². The molecule has 0 amide bonds. The predicted octanol–water partition coefficient (Wildman–Crippen LogP) is 1.52. The zero-order valence-corrected chi connectivity index (χ0v) is 3.49. The molecule has 0 atom stereocenters. The molecule has 0 radical (unpaired) electrons. The standard InChI is InChI=1S/C2H4F2.C2H2/c1-2(3)4;1-2/h2H,1H3;1-2H. The summed E-state index contributed by atoms with van der Waals surface area (Å²) in [5.41, 5.74) is 0. The topological polar surface area (TPSA) is 0 Å². The molecule has 0 aromatic carbocycles. The summed E-state index contributed by atoms with van der Waals surface area (Å²) in [4.78, 5) is 0. The van der Waals surface area contributed by atoms with Crippen molar-refractivity contribution in [3.63, 3.8) is 0 Å². The lowest BCUT2D eigenvalue weighted by Gasteiger charge is -1.70. The van der Waals surface area contributed by atoms with Gasteiger partial charge in [0.1, 0.15) is 0 Å². The molecule has 0 aliphatic carbocycles. The molecular formula is C4H6F2. The van der Waals surface area contributed by atoms with Gasteiger partial charge in [-0.05, 0) is 6.92 Å². The van der Waals surface area contributed by atoms with E-state index in [4.69, 9.17) is 0 Å². The zero-order valence-electron chi connectivity index (χ0n) is 3.49. The van der Waals surface area contributed by atoms with E-state index in [9.17, 15) is 8.78 Å². The van der Waals surface area contributed by atoms with E-state index in [1.807, 2.05) is 0 Å². The van der Waals surface area contributed by atoms with Gasteiger partial charge in [0.2, 0.25) is 6.43 Å². The van der Waals surface area contributed by atoms with Gasteiger partial charge in [0, 0.05) is 0 Å². The van der Waals surface area contributed by atoms with Crippen molar-refractivity contribution in [2.75, 3.05) is 0 Å². The van der Waals surface area contributed by atoms with Gasteiger partial charge in [0.05, 0.1) is 0 Å². The van der Waals surface area contributed by atoms with E-state index < -0.39 is 6.43 Å². The lowest BCUT2D eigenvalue weighted by atomic mass is 10.9. The first-order valence-electron chi connectivity index (χ1n) is 1.35. The van der Waals surface area contributed by atoms with Gasteiger partial charge in [-0.1, -0.05) is 0 Å². The Hall–Kier alpha value is -0.580. The minimum absolute atomic E-state index is 0.833. The second kappa shape index (κ2) is 8.83. The van der Waals surface area contributed by atoms with Gasteiger partial charge in [0.25, 0.3) is 0 Å². The van der Waals surface area contributed by atoms with E-state index in [-0.39, 0.29) is 0 Å². The Kier molecular flexibility index (Phi) is 13.3. The predicted molar refractivity (Wildman–Crippen MR) is 21.6 cm³/mol. The summed E-state index contributed by atoms with van der Waals surface area (Å²) in [6.07, 6.45) is 5.83. The summed E-state index contributed by atoms with van der Waals surface area (Å²) in [6.45, 7) is 0.833. The van der Waals surface area contributed by atoms with E-state index in [2.05, 4.69) is 12.8 Å². The molecule has 0 rings (SSSR count). The van der Waals surface area contributed by atoms with Crippen molar-refractivity contribution in [1.29, 1.82) is 0 Å². The molecule has 0 fully saturated rings. The highest BCUT2D eigenvalue weighted by Crippen LogP contribution is 1.82. The summed E-state index contributed by atoms with van der Waals surface area (Å²) in [5, 5.41) is 0. The molecule has 0 aliphatic heterocycles. The Morgan fingerprint density at radius 2 is 1.33 bits per heavy atom. The second-order valence-corrected chi connectivity index (χ2v) is 0.519. The highest BCUT2D eigenvalue weighted by atomic mass is 19.3. The Bertz CT molecular complexity index is 27.0. The molecule has 0 saturated heterocycles. The van der Waals surface area contributed by atoms with E-state index in [0.717, 1.165) is 6.92 Å². The minimum atomic E-state index is -2.17. The fraction of sp³-hybridized carbons (Fsp3) is 0.500. The first kappa shape index (κ1) is 9.05. The maximum atomic E-state index is 10.3. The van der Waals surface area contributed by atoms with Gasteiger partial charge in [-0.2, -0.15) is 0 Å². The van der Waals surface area contributed by atoms with Gasteiger partial charge < -0.3 is 0 Å². The van der Waals surface area contributed by atoms with Crippen LogP contribution in [0.4, 0.5) is 8.78 Å². The number of halogens is 2. The summed E-state index contributed by atoms with van der Waals surface area (Å²) in [6, 6.07) is 0. The first-order chi connectivity index (χ1) is 2.73. The van der Waals surface area contributed by atoms with Crippen LogP contribution in [0.15, 0.2) is 0 Å². The van der Waals surface area contributed by atoms with Crippen LogP contribution in [0.3, 0.4) is 0 Å². The largest absolute Gasteiger partial charge is 0.235 e. The van der Waals surface area contributed by atoms with E-state index in [0.29, 0.717) is 0 Å². The van der Waals surface area contributed by atoms with Crippen LogP contribution in [-0.2, 0) is 0 Å². The summed E-state index contributed by atoms with van der Waals surface area (Å²) in [7, 11) is 0. The Balaban J connectivity index is 0. The quantitative estimate of drug-likeness (QED) is 0.397. The Morgan fingerprint density at radius 1 is 1.33 bits per heavy atom. The number of alkyl halides is 2. The number of hydrogen-bond acceptors (Lipinski definition) is 0. The fourth-order valence-corrected chi connectivity index (χ4v) is 0. The van der Waals surface area contributed by atoms with Crippen LogP contribution in [0, 0.1) is 12.8 Å². The third-order valence-electron chi connectivity index (χ3n) is 0. The van der Waals surface area contributed by atoms with E-state index >= 15 is 0 Å². The minimum Gasteiger partial charge on any atom is -0.211 e. The number of rotatable bonds is 0. The third kappa shape index (κ3) is 59.5. The molecule has 0 unspecified atom stereocenters. The molecule has 0 bridgehead atoms.